The highest BCUT2D eigenvalue weighted by molar-refractivity contribution is 7.91. The third-order valence-corrected chi connectivity index (χ3v) is 4.95. The molecular formula is C14H24N2O3S. The van der Waals surface area contributed by atoms with Crippen LogP contribution in [0.2, 0.25) is 0 Å². The summed E-state index contributed by atoms with van der Waals surface area (Å²) in [4.78, 5) is 0. The molecule has 114 valence electrons. The number of sulfone groups is 1. The van der Waals surface area contributed by atoms with Crippen molar-refractivity contribution in [3.05, 3.63) is 29.8 Å². The number of nitrogens with two attached hydrogens (primary N) is 1. The van der Waals surface area contributed by atoms with E-state index in [1.807, 2.05) is 31.2 Å². The predicted octanol–water partition coefficient (Wildman–Crippen LogP) is 1.80. The SMILES string of the molecule is CCOc1cccc(C(CCCS(=O)(=O)CC)NN)c1. The molecule has 5 nitrogen and oxygen atoms in total. The first-order valence-electron chi connectivity index (χ1n) is 6.91. The first-order valence-corrected chi connectivity index (χ1v) is 8.73. The van der Waals surface area contributed by atoms with Gasteiger partial charge in [-0.1, -0.05) is 19.1 Å². The van der Waals surface area contributed by atoms with Crippen LogP contribution in [0.5, 0.6) is 5.75 Å². The monoisotopic (exact) mass is 300 g/mol. The number of rotatable bonds is 9. The van der Waals surface area contributed by atoms with E-state index >= 15 is 0 Å². The highest BCUT2D eigenvalue weighted by Gasteiger charge is 2.13. The van der Waals surface area contributed by atoms with Gasteiger partial charge in [-0.3, -0.25) is 11.3 Å². The number of benzene rings is 1. The molecular weight excluding hydrogens is 276 g/mol. The van der Waals surface area contributed by atoms with Gasteiger partial charge in [0.1, 0.15) is 15.6 Å². The maximum Gasteiger partial charge on any atom is 0.150 e. The van der Waals surface area contributed by atoms with Crippen molar-refractivity contribution in [1.82, 2.24) is 5.43 Å². The van der Waals surface area contributed by atoms with Gasteiger partial charge in [-0.15, -0.1) is 0 Å². The molecule has 6 heteroatoms. The minimum Gasteiger partial charge on any atom is -0.494 e. The topological polar surface area (TPSA) is 81.4 Å². The summed E-state index contributed by atoms with van der Waals surface area (Å²) in [7, 11) is -2.92. The third-order valence-electron chi connectivity index (χ3n) is 3.16. The molecule has 0 saturated carbocycles. The van der Waals surface area contributed by atoms with Crippen LogP contribution in [0.3, 0.4) is 0 Å². The lowest BCUT2D eigenvalue weighted by Crippen LogP contribution is -2.28. The van der Waals surface area contributed by atoms with Crippen LogP contribution in [-0.4, -0.2) is 26.5 Å². The average Bonchev–Trinajstić information content (AvgIpc) is 2.44. The van der Waals surface area contributed by atoms with E-state index in [0.717, 1.165) is 11.3 Å². The standard InChI is InChI=1S/C14H24N2O3S/c1-3-19-13-8-5-7-12(11-13)14(16-15)9-6-10-20(17,18)4-2/h5,7-8,11,14,16H,3-4,6,9-10,15H2,1-2H3. The Labute approximate surface area is 121 Å². The molecule has 0 heterocycles. The van der Waals surface area contributed by atoms with Crippen molar-refractivity contribution < 1.29 is 13.2 Å². The predicted molar refractivity (Wildman–Crippen MR) is 81.2 cm³/mol. The van der Waals surface area contributed by atoms with Crippen molar-refractivity contribution in [1.29, 1.82) is 0 Å². The maximum absolute atomic E-state index is 11.5. The normalized spacial score (nSPS) is 13.2. The first-order chi connectivity index (χ1) is 9.52. The molecule has 1 rings (SSSR count). The maximum atomic E-state index is 11.5. The van der Waals surface area contributed by atoms with E-state index in [1.54, 1.807) is 6.92 Å². The Hall–Kier alpha value is -1.11. The first kappa shape index (κ1) is 16.9. The van der Waals surface area contributed by atoms with Crippen LogP contribution in [-0.2, 0) is 9.84 Å². The Kier molecular flexibility index (Phi) is 6.98. The van der Waals surface area contributed by atoms with Gasteiger partial charge in [0.25, 0.3) is 0 Å². The molecule has 1 aromatic rings. The number of hydrogen-bond donors (Lipinski definition) is 2. The van der Waals surface area contributed by atoms with Crippen LogP contribution in [0.15, 0.2) is 24.3 Å². The van der Waals surface area contributed by atoms with Crippen LogP contribution < -0.4 is 16.0 Å². The van der Waals surface area contributed by atoms with E-state index in [4.69, 9.17) is 10.6 Å². The Morgan fingerprint density at radius 2 is 2.10 bits per heavy atom. The zero-order chi connectivity index (χ0) is 15.0. The van der Waals surface area contributed by atoms with Crippen LogP contribution in [0.25, 0.3) is 0 Å². The van der Waals surface area contributed by atoms with Crippen molar-refractivity contribution in [3.8, 4) is 5.75 Å². The van der Waals surface area contributed by atoms with E-state index in [0.29, 0.717) is 19.4 Å². The smallest absolute Gasteiger partial charge is 0.150 e. The van der Waals surface area contributed by atoms with E-state index in [9.17, 15) is 8.42 Å². The number of ether oxygens (including phenoxy) is 1. The van der Waals surface area contributed by atoms with Crippen LogP contribution in [0, 0.1) is 0 Å². The quantitative estimate of drug-likeness (QED) is 0.537. The van der Waals surface area contributed by atoms with Gasteiger partial charge in [0.05, 0.1) is 12.4 Å². The van der Waals surface area contributed by atoms with Gasteiger partial charge in [0, 0.05) is 11.8 Å². The van der Waals surface area contributed by atoms with E-state index in [-0.39, 0.29) is 17.5 Å². The Bertz CT molecular complexity index is 503. The minimum absolute atomic E-state index is 0.0672. The zero-order valence-electron chi connectivity index (χ0n) is 12.1. The Morgan fingerprint density at radius 1 is 1.35 bits per heavy atom. The molecule has 20 heavy (non-hydrogen) atoms. The molecule has 0 spiro atoms. The molecule has 0 aliphatic rings. The highest BCUT2D eigenvalue weighted by Crippen LogP contribution is 2.22. The molecule has 0 saturated heterocycles. The summed E-state index contributed by atoms with van der Waals surface area (Å²) in [5, 5.41) is 0. The van der Waals surface area contributed by atoms with Gasteiger partial charge >= 0.3 is 0 Å². The minimum atomic E-state index is -2.92. The van der Waals surface area contributed by atoms with Crippen molar-refractivity contribution in [2.45, 2.75) is 32.7 Å². The van der Waals surface area contributed by atoms with Crippen LogP contribution in [0.4, 0.5) is 0 Å². The Balaban J connectivity index is 2.64. The summed E-state index contributed by atoms with van der Waals surface area (Å²) in [6, 6.07) is 7.63. The largest absolute Gasteiger partial charge is 0.494 e. The lowest BCUT2D eigenvalue weighted by Gasteiger charge is -2.17. The Morgan fingerprint density at radius 3 is 2.70 bits per heavy atom. The molecule has 3 N–H and O–H groups in total. The van der Waals surface area contributed by atoms with Crippen molar-refractivity contribution in [2.75, 3.05) is 18.1 Å². The second-order valence-electron chi connectivity index (χ2n) is 4.60. The summed E-state index contributed by atoms with van der Waals surface area (Å²) < 4.78 is 28.4. The van der Waals surface area contributed by atoms with Gasteiger partial charge < -0.3 is 4.74 Å². The highest BCUT2D eigenvalue weighted by atomic mass is 32.2. The zero-order valence-corrected chi connectivity index (χ0v) is 12.9. The lowest BCUT2D eigenvalue weighted by atomic mass is 10.0. The summed E-state index contributed by atoms with van der Waals surface area (Å²) in [6.45, 7) is 4.21. The molecule has 0 amide bonds. The van der Waals surface area contributed by atoms with Gasteiger partial charge in [0.2, 0.25) is 0 Å². The van der Waals surface area contributed by atoms with Gasteiger partial charge in [-0.25, -0.2) is 8.42 Å². The van der Waals surface area contributed by atoms with Gasteiger partial charge in [0.15, 0.2) is 0 Å². The molecule has 0 bridgehead atoms. The fourth-order valence-electron chi connectivity index (χ4n) is 1.99. The number of hydrazine groups is 1. The summed E-state index contributed by atoms with van der Waals surface area (Å²) in [5.74, 6) is 6.76. The van der Waals surface area contributed by atoms with Gasteiger partial charge in [-0.2, -0.15) is 0 Å². The number of hydrogen-bond acceptors (Lipinski definition) is 5. The van der Waals surface area contributed by atoms with Gasteiger partial charge in [-0.05, 0) is 37.5 Å². The van der Waals surface area contributed by atoms with E-state index in [2.05, 4.69) is 5.43 Å². The molecule has 1 aromatic carbocycles. The fourth-order valence-corrected chi connectivity index (χ4v) is 2.88. The second-order valence-corrected chi connectivity index (χ2v) is 7.08. The van der Waals surface area contributed by atoms with Crippen LogP contribution in [0.1, 0.15) is 38.3 Å². The average molecular weight is 300 g/mol. The molecule has 0 radical (unpaired) electrons. The molecule has 0 aliphatic carbocycles. The lowest BCUT2D eigenvalue weighted by molar-refractivity contribution is 0.339. The molecule has 0 fully saturated rings. The fraction of sp³-hybridized carbons (Fsp3) is 0.571. The van der Waals surface area contributed by atoms with Crippen LogP contribution >= 0.6 is 0 Å². The van der Waals surface area contributed by atoms with Crippen molar-refractivity contribution in [2.24, 2.45) is 5.84 Å². The second kappa shape index (κ2) is 8.24. The number of nitrogens with one attached hydrogen (secondary N) is 1. The van der Waals surface area contributed by atoms with E-state index in [1.165, 1.54) is 0 Å². The van der Waals surface area contributed by atoms with E-state index < -0.39 is 9.84 Å². The molecule has 1 atom stereocenters. The molecule has 1 unspecified atom stereocenters. The summed E-state index contributed by atoms with van der Waals surface area (Å²) in [5.41, 5.74) is 3.75. The molecule has 0 aromatic heterocycles. The van der Waals surface area contributed by atoms with Crippen molar-refractivity contribution in [3.63, 3.8) is 0 Å². The third kappa shape index (κ3) is 5.48. The summed E-state index contributed by atoms with van der Waals surface area (Å²) in [6.07, 6.45) is 1.26. The summed E-state index contributed by atoms with van der Waals surface area (Å²) >= 11 is 0. The van der Waals surface area contributed by atoms with Crippen molar-refractivity contribution >= 4 is 9.84 Å². The molecule has 0 aliphatic heterocycles.